The summed E-state index contributed by atoms with van der Waals surface area (Å²) in [4.78, 5) is 86.0. The molecule has 7 N–H and O–H groups in total. The number of rotatable bonds is 21. The Bertz CT molecular complexity index is 4050. The Morgan fingerprint density at radius 1 is 0.583 bits per heavy atom. The zero-order chi connectivity index (χ0) is 69.5. The van der Waals surface area contributed by atoms with E-state index in [-0.39, 0.29) is 29.8 Å². The summed E-state index contributed by atoms with van der Waals surface area (Å²) in [5, 5.41) is 31.0. The molecule has 6 aromatic heterocycles. The van der Waals surface area contributed by atoms with Crippen LogP contribution >= 0.6 is 11.8 Å². The van der Waals surface area contributed by atoms with E-state index < -0.39 is 22.4 Å². The highest BCUT2D eigenvalue weighted by atomic mass is 32.2. The van der Waals surface area contributed by atoms with Crippen LogP contribution in [-0.4, -0.2) is 177 Å². The second-order valence-electron chi connectivity index (χ2n) is 26.4. The number of amides is 2. The molecular weight excluding hydrogens is 1240 g/mol. The lowest BCUT2D eigenvalue weighted by molar-refractivity contribution is 0.0514. The average Bonchev–Trinajstić information content (AvgIpc) is 1.61. The quantitative estimate of drug-likeness (QED) is 0.0129. The van der Waals surface area contributed by atoms with Gasteiger partial charge >= 0.3 is 12.2 Å². The fraction of sp³-hybridized carbons (Fsp3) is 0.449. The highest BCUT2D eigenvalue weighted by Gasteiger charge is 2.26. The minimum Gasteiger partial charge on any atom is -0.444 e. The Labute approximate surface area is 565 Å². The largest absolute Gasteiger partial charge is 0.444 e. The molecule has 0 bridgehead atoms. The molecule has 2 saturated heterocycles. The number of piperazine rings is 2. The second-order valence-corrected chi connectivity index (χ2v) is 27.1. The third-order valence-corrected chi connectivity index (χ3v) is 16.0. The van der Waals surface area contributed by atoms with Crippen LogP contribution in [0.1, 0.15) is 93.5 Å². The summed E-state index contributed by atoms with van der Waals surface area (Å²) in [6.07, 6.45) is 9.29. The normalized spacial score (nSPS) is 14.1. The van der Waals surface area contributed by atoms with Gasteiger partial charge in [0.15, 0.2) is 28.1 Å². The SMILES string of the molecule is C=CCn1c(=O)c2cnc(Nc3ccc(N4CCN(CCCNC(=O)OC(C)(C)C)CC4)cc3)nc2n1-c1cccc(C(C)(C)O)n1.C=CCn1c(=O)c2cnc(SC)nc2n1-c1cccc(C(C)(C)O)n1.CC(C)(C)OC(=O)NCCCN1CCN(c2ccc(N)cc2)CC1. The zero-order valence-electron chi connectivity index (χ0n) is 57.2. The van der Waals surface area contributed by atoms with Crippen LogP contribution in [0.4, 0.5) is 38.3 Å². The molecule has 96 heavy (non-hydrogen) atoms. The molecule has 2 fully saturated rings. The van der Waals surface area contributed by atoms with Crippen molar-refractivity contribution in [2.24, 2.45) is 0 Å². The van der Waals surface area contributed by atoms with Crippen molar-refractivity contribution in [2.45, 2.75) is 123 Å². The molecule has 0 saturated carbocycles. The summed E-state index contributed by atoms with van der Waals surface area (Å²) in [5.74, 6) is 1.28. The van der Waals surface area contributed by atoms with E-state index in [1.165, 1.54) is 39.2 Å². The number of carbonyl (C=O) groups excluding carboxylic acids is 2. The van der Waals surface area contributed by atoms with Gasteiger partial charge < -0.3 is 51.2 Å². The van der Waals surface area contributed by atoms with Crippen molar-refractivity contribution in [3.8, 4) is 11.6 Å². The monoisotopic (exact) mass is 1330 g/mol. The number of thioether (sulfide) groups is 1. The molecule has 0 unspecified atom stereocenters. The molecule has 2 aromatic carbocycles. The summed E-state index contributed by atoms with van der Waals surface area (Å²) >= 11 is 1.40. The number of nitrogen functional groups attached to an aromatic ring is 1. The first-order chi connectivity index (χ1) is 45.5. The molecule has 26 nitrogen and oxygen atoms in total. The molecule has 8 heterocycles. The van der Waals surface area contributed by atoms with Crippen LogP contribution < -0.4 is 42.6 Å². The molecular formula is C69H94N18O8S. The molecule has 2 amide bonds. The predicted molar refractivity (Wildman–Crippen MR) is 380 cm³/mol. The van der Waals surface area contributed by atoms with Crippen molar-refractivity contribution in [3.05, 3.63) is 155 Å². The first-order valence-corrected chi connectivity index (χ1v) is 33.5. The van der Waals surface area contributed by atoms with Crippen molar-refractivity contribution in [1.29, 1.82) is 0 Å². The Balaban J connectivity index is 0.000000202. The van der Waals surface area contributed by atoms with Crippen molar-refractivity contribution in [3.63, 3.8) is 0 Å². The van der Waals surface area contributed by atoms with E-state index in [0.29, 0.717) is 75.8 Å². The zero-order valence-corrected chi connectivity index (χ0v) is 58.0. The van der Waals surface area contributed by atoms with Crippen molar-refractivity contribution >= 4 is 74.7 Å². The number of nitrogens with zero attached hydrogens (tertiary/aromatic N) is 14. The number of ether oxygens (including phenoxy) is 2. The minimum absolute atomic E-state index is 0.210. The summed E-state index contributed by atoms with van der Waals surface area (Å²) in [6.45, 7) is 36.9. The lowest BCUT2D eigenvalue weighted by Crippen LogP contribution is -2.47. The maximum atomic E-state index is 13.3. The number of alkyl carbamates (subject to hydrolysis) is 2. The van der Waals surface area contributed by atoms with Crippen LogP contribution in [-0.2, 0) is 33.8 Å². The fourth-order valence-electron chi connectivity index (χ4n) is 10.6. The van der Waals surface area contributed by atoms with Gasteiger partial charge in [0.05, 0.1) is 24.5 Å². The summed E-state index contributed by atoms with van der Waals surface area (Å²) < 4.78 is 16.8. The highest BCUT2D eigenvalue weighted by Crippen LogP contribution is 2.26. The number of pyridine rings is 2. The first-order valence-electron chi connectivity index (χ1n) is 32.3. The number of hydrogen-bond donors (Lipinski definition) is 6. The van der Waals surface area contributed by atoms with Gasteiger partial charge in [-0.1, -0.05) is 36.0 Å². The van der Waals surface area contributed by atoms with Gasteiger partial charge in [0.2, 0.25) is 5.95 Å². The van der Waals surface area contributed by atoms with Gasteiger partial charge in [-0.3, -0.25) is 19.4 Å². The van der Waals surface area contributed by atoms with E-state index in [4.69, 9.17) is 20.2 Å². The smallest absolute Gasteiger partial charge is 0.407 e. The average molecular weight is 1340 g/mol. The van der Waals surface area contributed by atoms with Crippen LogP contribution in [0.2, 0.25) is 0 Å². The highest BCUT2D eigenvalue weighted by molar-refractivity contribution is 7.98. The van der Waals surface area contributed by atoms with Gasteiger partial charge in [-0.15, -0.1) is 13.2 Å². The number of benzene rings is 2. The molecule has 0 radical (unpaired) electrons. The number of nitrogens with two attached hydrogens (primary N) is 1. The molecule has 27 heteroatoms. The topological polar surface area (TPSA) is 299 Å². The molecule has 2 aliphatic heterocycles. The summed E-state index contributed by atoms with van der Waals surface area (Å²) in [6, 6.07) is 26.8. The molecule has 514 valence electrons. The number of nitrogens with one attached hydrogen (secondary N) is 3. The van der Waals surface area contributed by atoms with Gasteiger partial charge in [0.25, 0.3) is 11.1 Å². The van der Waals surface area contributed by atoms with E-state index in [0.717, 1.165) is 95.4 Å². The van der Waals surface area contributed by atoms with Crippen molar-refractivity contribution < 1.29 is 29.3 Å². The molecule has 0 aliphatic carbocycles. The van der Waals surface area contributed by atoms with Crippen LogP contribution in [0.25, 0.3) is 33.7 Å². The minimum atomic E-state index is -1.16. The van der Waals surface area contributed by atoms with E-state index in [2.05, 4.69) is 97.9 Å². The van der Waals surface area contributed by atoms with E-state index in [1.807, 2.05) is 72.1 Å². The molecule has 0 atom stereocenters. The Morgan fingerprint density at radius 3 is 1.41 bits per heavy atom. The number of hydrogen-bond acceptors (Lipinski definition) is 21. The van der Waals surface area contributed by atoms with Crippen molar-refractivity contribution in [1.82, 2.24) is 69.1 Å². The van der Waals surface area contributed by atoms with Crippen LogP contribution in [0.5, 0.6) is 0 Å². The summed E-state index contributed by atoms with van der Waals surface area (Å²) in [7, 11) is 0. The fourth-order valence-corrected chi connectivity index (χ4v) is 11.0. The molecule has 8 aromatic rings. The van der Waals surface area contributed by atoms with Crippen LogP contribution in [0.3, 0.4) is 0 Å². The maximum Gasteiger partial charge on any atom is 0.407 e. The Hall–Kier alpha value is -9.15. The lowest BCUT2D eigenvalue weighted by Gasteiger charge is -2.36. The molecule has 10 rings (SSSR count). The Kier molecular flexibility index (Phi) is 24.3. The van der Waals surface area contributed by atoms with E-state index in [1.54, 1.807) is 85.6 Å². The number of anilines is 5. The van der Waals surface area contributed by atoms with Gasteiger partial charge in [-0.2, -0.15) is 4.98 Å². The van der Waals surface area contributed by atoms with Gasteiger partial charge in [0.1, 0.15) is 33.2 Å². The van der Waals surface area contributed by atoms with Crippen molar-refractivity contribution in [2.75, 3.05) is 106 Å². The number of aromatic nitrogens is 10. The maximum absolute atomic E-state index is 13.3. The van der Waals surface area contributed by atoms with Gasteiger partial charge in [0, 0.05) is 101 Å². The predicted octanol–water partition coefficient (Wildman–Crippen LogP) is 8.59. The van der Waals surface area contributed by atoms with Crippen LogP contribution in [0, 0.1) is 0 Å². The molecule has 2 aliphatic rings. The number of carbonyl (C=O) groups is 2. The number of fused-ring (bicyclic) bond motifs is 2. The third-order valence-electron chi connectivity index (χ3n) is 15.4. The second kappa shape index (κ2) is 32.1. The molecule has 0 spiro atoms. The number of aliphatic hydroxyl groups is 2. The lowest BCUT2D eigenvalue weighted by atomic mass is 10.1. The van der Waals surface area contributed by atoms with Gasteiger partial charge in [-0.05, 0) is 174 Å². The standard InChI is InChI=1S/C34H45N9O4.C18H30N4O2.C17H19N5O2S/c1-7-17-42-30(44)26-23-36-31(39-29(26)43(42)28-11-8-10-27(38-28)34(5,6)46)37-24-12-14-25(15-13-24)41-21-19-40(20-22-41)18-9-16-35-32(45)47-33(2,3)4;1-18(2,3)24-17(23)20-9-4-10-21-11-13-22(14-12-21)16-7-5-15(19)6-8-16;1-5-9-21-15(23)11-10-18-16(25-4)20-14(11)22(21)13-8-6-7-12(19-13)17(2,3)24/h7-8,10-15,23,46H,1,9,16-22H2,2-6H3,(H,35,45)(H,36,37,39);5-8H,4,9-14,19H2,1-3H3,(H,20,23);5-8,10,24H,1,9H2,2-4H3. The van der Waals surface area contributed by atoms with Gasteiger partial charge in [-0.25, -0.2) is 53.2 Å². The third kappa shape index (κ3) is 20.0. The van der Waals surface area contributed by atoms with E-state index >= 15 is 0 Å². The Morgan fingerprint density at radius 2 is 1.00 bits per heavy atom. The first kappa shape index (κ1) is 72.7. The summed E-state index contributed by atoms with van der Waals surface area (Å²) in [5.41, 5.74) is 7.89. The van der Waals surface area contributed by atoms with Crippen LogP contribution in [0.15, 0.2) is 137 Å². The number of allylic oxidation sites excluding steroid dienone is 2. The van der Waals surface area contributed by atoms with E-state index in [9.17, 15) is 29.4 Å².